The number of thioether (sulfide) groups is 1. The number of rotatable bonds is 14. The van der Waals surface area contributed by atoms with E-state index in [4.69, 9.17) is 0 Å². The minimum atomic E-state index is 0.515. The Balaban J connectivity index is 3.00. The van der Waals surface area contributed by atoms with Gasteiger partial charge in [-0.3, -0.25) is 0 Å². The number of unbranched alkanes of at least 4 members (excludes halogenated alkanes) is 9. The van der Waals surface area contributed by atoms with Crippen LogP contribution in [0, 0.1) is 0 Å². The monoisotopic (exact) mass is 272 g/mol. The highest BCUT2D eigenvalue weighted by molar-refractivity contribution is 7.99. The molecule has 0 fully saturated rings. The van der Waals surface area contributed by atoms with Crippen LogP contribution in [0.1, 0.15) is 84.5 Å². The molecule has 0 spiro atoms. The molecule has 0 saturated carbocycles. The molecule has 0 heterocycles. The van der Waals surface area contributed by atoms with Gasteiger partial charge in [-0.1, -0.05) is 71.6 Å². The molecule has 0 aliphatic heterocycles. The summed E-state index contributed by atoms with van der Waals surface area (Å²) < 4.78 is 0. The van der Waals surface area contributed by atoms with E-state index in [9.17, 15) is 4.79 Å². The van der Waals surface area contributed by atoms with E-state index < -0.39 is 0 Å². The number of hydrogen-bond donors (Lipinski definition) is 0. The second-order valence-corrected chi connectivity index (χ2v) is 6.81. The first kappa shape index (κ1) is 18.0. The Bertz CT molecular complexity index is 170. The van der Waals surface area contributed by atoms with Crippen LogP contribution in [0.25, 0.3) is 0 Å². The lowest BCUT2D eigenvalue weighted by molar-refractivity contribution is -0.107. The van der Waals surface area contributed by atoms with Crippen LogP contribution in [0.5, 0.6) is 0 Å². The van der Waals surface area contributed by atoms with Crippen LogP contribution in [0.4, 0.5) is 0 Å². The third kappa shape index (κ3) is 14.1. The van der Waals surface area contributed by atoms with Crippen molar-refractivity contribution in [3.05, 3.63) is 0 Å². The SMILES string of the molecule is CCCCCCCCCCCCSC(C)CC=O. The molecule has 1 unspecified atom stereocenters. The van der Waals surface area contributed by atoms with E-state index in [2.05, 4.69) is 13.8 Å². The summed E-state index contributed by atoms with van der Waals surface area (Å²) in [7, 11) is 0. The molecule has 0 aromatic rings. The van der Waals surface area contributed by atoms with E-state index >= 15 is 0 Å². The summed E-state index contributed by atoms with van der Waals surface area (Å²) in [5, 5.41) is 0.515. The number of carbonyl (C=O) groups excluding carboxylic acids is 1. The summed E-state index contributed by atoms with van der Waals surface area (Å²) in [5.74, 6) is 1.23. The van der Waals surface area contributed by atoms with Crippen LogP contribution in [0.15, 0.2) is 0 Å². The summed E-state index contributed by atoms with van der Waals surface area (Å²) >= 11 is 1.95. The zero-order valence-electron chi connectivity index (χ0n) is 12.5. The van der Waals surface area contributed by atoms with Crippen LogP contribution >= 0.6 is 11.8 Å². The highest BCUT2D eigenvalue weighted by atomic mass is 32.2. The van der Waals surface area contributed by atoms with Gasteiger partial charge in [0.05, 0.1) is 0 Å². The molecule has 0 aliphatic rings. The molecule has 0 aliphatic carbocycles. The van der Waals surface area contributed by atoms with Crippen molar-refractivity contribution in [2.45, 2.75) is 89.7 Å². The maximum absolute atomic E-state index is 10.3. The Kier molecular flexibility index (Phi) is 15.1. The normalized spacial score (nSPS) is 12.6. The van der Waals surface area contributed by atoms with Gasteiger partial charge >= 0.3 is 0 Å². The number of hydrogen-bond acceptors (Lipinski definition) is 2. The number of carbonyl (C=O) groups is 1. The molecule has 0 amide bonds. The van der Waals surface area contributed by atoms with Gasteiger partial charge in [0.15, 0.2) is 0 Å². The smallest absolute Gasteiger partial charge is 0.121 e. The molecule has 0 N–H and O–H groups in total. The molecule has 0 bridgehead atoms. The predicted octanol–water partition coefficient (Wildman–Crippen LogP) is 5.62. The van der Waals surface area contributed by atoms with Crippen molar-refractivity contribution in [3.63, 3.8) is 0 Å². The zero-order chi connectivity index (χ0) is 13.5. The van der Waals surface area contributed by atoms with Crippen molar-refractivity contribution in [2.24, 2.45) is 0 Å². The Hall–Kier alpha value is 0.0200. The quantitative estimate of drug-likeness (QED) is 0.301. The van der Waals surface area contributed by atoms with Gasteiger partial charge in [-0.25, -0.2) is 0 Å². The second-order valence-electron chi connectivity index (χ2n) is 5.27. The molecule has 18 heavy (non-hydrogen) atoms. The van der Waals surface area contributed by atoms with E-state index in [1.807, 2.05) is 11.8 Å². The van der Waals surface area contributed by atoms with E-state index in [1.54, 1.807) is 0 Å². The summed E-state index contributed by atoms with van der Waals surface area (Å²) in [5.41, 5.74) is 0. The fourth-order valence-electron chi connectivity index (χ4n) is 2.08. The fourth-order valence-corrected chi connectivity index (χ4v) is 3.07. The highest BCUT2D eigenvalue weighted by Crippen LogP contribution is 2.16. The van der Waals surface area contributed by atoms with Crippen molar-refractivity contribution in [1.82, 2.24) is 0 Å². The fraction of sp³-hybridized carbons (Fsp3) is 0.938. The molecule has 2 heteroatoms. The van der Waals surface area contributed by atoms with E-state index in [1.165, 1.54) is 70.0 Å². The van der Waals surface area contributed by atoms with Crippen molar-refractivity contribution in [1.29, 1.82) is 0 Å². The average molecular weight is 272 g/mol. The van der Waals surface area contributed by atoms with Crippen molar-refractivity contribution in [2.75, 3.05) is 5.75 Å². The molecular formula is C16H32OS. The molecule has 0 rings (SSSR count). The Morgan fingerprint density at radius 1 is 0.889 bits per heavy atom. The molecule has 108 valence electrons. The second kappa shape index (κ2) is 15.1. The Morgan fingerprint density at radius 3 is 1.89 bits per heavy atom. The minimum Gasteiger partial charge on any atom is -0.303 e. The van der Waals surface area contributed by atoms with Gasteiger partial charge in [0.2, 0.25) is 0 Å². The van der Waals surface area contributed by atoms with E-state index in [-0.39, 0.29) is 0 Å². The standard InChI is InChI=1S/C16H32OS/c1-3-4-5-6-7-8-9-10-11-12-15-18-16(2)13-14-17/h14,16H,3-13,15H2,1-2H3. The highest BCUT2D eigenvalue weighted by Gasteiger charge is 2.00. The third-order valence-corrected chi connectivity index (χ3v) is 4.61. The Labute approximate surface area is 118 Å². The molecule has 0 aromatic heterocycles. The van der Waals surface area contributed by atoms with Crippen LogP contribution in [-0.4, -0.2) is 17.3 Å². The van der Waals surface area contributed by atoms with Crippen molar-refractivity contribution in [3.8, 4) is 0 Å². The Morgan fingerprint density at radius 2 is 1.39 bits per heavy atom. The first-order valence-electron chi connectivity index (χ1n) is 7.86. The van der Waals surface area contributed by atoms with Crippen LogP contribution in [0.3, 0.4) is 0 Å². The maximum atomic E-state index is 10.3. The topological polar surface area (TPSA) is 17.1 Å². The third-order valence-electron chi connectivity index (χ3n) is 3.33. The molecule has 0 saturated heterocycles. The van der Waals surface area contributed by atoms with Crippen molar-refractivity contribution < 1.29 is 4.79 Å². The van der Waals surface area contributed by atoms with Gasteiger partial charge in [0, 0.05) is 11.7 Å². The summed E-state index contributed by atoms with van der Waals surface area (Å²) in [6.45, 7) is 4.42. The lowest BCUT2D eigenvalue weighted by atomic mass is 10.1. The van der Waals surface area contributed by atoms with Crippen LogP contribution in [-0.2, 0) is 4.79 Å². The number of aldehydes is 1. The summed E-state index contributed by atoms with van der Waals surface area (Å²) in [4.78, 5) is 10.3. The first-order valence-corrected chi connectivity index (χ1v) is 8.91. The van der Waals surface area contributed by atoms with Crippen LogP contribution < -0.4 is 0 Å². The maximum Gasteiger partial charge on any atom is 0.121 e. The average Bonchev–Trinajstić information content (AvgIpc) is 2.36. The molecular weight excluding hydrogens is 240 g/mol. The van der Waals surface area contributed by atoms with Gasteiger partial charge in [0.1, 0.15) is 6.29 Å². The van der Waals surface area contributed by atoms with Gasteiger partial charge in [-0.15, -0.1) is 0 Å². The zero-order valence-corrected chi connectivity index (χ0v) is 13.3. The molecule has 1 atom stereocenters. The van der Waals surface area contributed by atoms with Crippen LogP contribution in [0.2, 0.25) is 0 Å². The molecule has 0 aromatic carbocycles. The van der Waals surface area contributed by atoms with Gasteiger partial charge in [-0.2, -0.15) is 11.8 Å². The predicted molar refractivity (Wildman–Crippen MR) is 84.4 cm³/mol. The van der Waals surface area contributed by atoms with Gasteiger partial charge < -0.3 is 4.79 Å². The molecule has 1 nitrogen and oxygen atoms in total. The summed E-state index contributed by atoms with van der Waals surface area (Å²) in [6.07, 6.45) is 15.8. The molecule has 0 radical (unpaired) electrons. The summed E-state index contributed by atoms with van der Waals surface area (Å²) in [6, 6.07) is 0. The van der Waals surface area contributed by atoms with Gasteiger partial charge in [-0.05, 0) is 12.2 Å². The van der Waals surface area contributed by atoms with E-state index in [0.717, 1.165) is 6.29 Å². The lowest BCUT2D eigenvalue weighted by Crippen LogP contribution is -1.97. The first-order chi connectivity index (χ1) is 8.81. The van der Waals surface area contributed by atoms with E-state index in [0.29, 0.717) is 11.7 Å². The largest absolute Gasteiger partial charge is 0.303 e. The lowest BCUT2D eigenvalue weighted by Gasteiger charge is -2.07. The van der Waals surface area contributed by atoms with Crippen molar-refractivity contribution >= 4 is 18.0 Å². The van der Waals surface area contributed by atoms with Gasteiger partial charge in [0.25, 0.3) is 0 Å². The minimum absolute atomic E-state index is 0.515.